The van der Waals surface area contributed by atoms with Gasteiger partial charge in [0.15, 0.2) is 0 Å². The van der Waals surface area contributed by atoms with Gasteiger partial charge in [0.25, 0.3) is 0 Å². The van der Waals surface area contributed by atoms with Crippen molar-refractivity contribution in [1.29, 1.82) is 0 Å². The average molecular weight is 673 g/mol. The highest BCUT2D eigenvalue weighted by molar-refractivity contribution is 9.10. The van der Waals surface area contributed by atoms with E-state index in [4.69, 9.17) is 14.5 Å². The summed E-state index contributed by atoms with van der Waals surface area (Å²) in [6.07, 6.45) is 1.50. The molecule has 0 aliphatic carbocycles. The summed E-state index contributed by atoms with van der Waals surface area (Å²) in [4.78, 5) is 43.6. The quantitative estimate of drug-likeness (QED) is 0.308. The molecule has 0 N–H and O–H groups in total. The normalized spacial score (nSPS) is 22.4. The van der Waals surface area contributed by atoms with Crippen molar-refractivity contribution >= 4 is 55.7 Å². The lowest BCUT2D eigenvalue weighted by molar-refractivity contribution is -0.148. The van der Waals surface area contributed by atoms with Crippen molar-refractivity contribution in [3.8, 4) is 0 Å². The Morgan fingerprint density at radius 3 is 1.50 bits per heavy atom. The number of anilines is 2. The molecule has 0 saturated carbocycles. The monoisotopic (exact) mass is 671 g/mol. The molecule has 2 aliphatic rings. The lowest BCUT2D eigenvalue weighted by Gasteiger charge is -2.20. The van der Waals surface area contributed by atoms with Gasteiger partial charge in [-0.05, 0) is 49.2 Å². The third kappa shape index (κ3) is 6.15. The van der Waals surface area contributed by atoms with Crippen LogP contribution in [0.15, 0.2) is 63.8 Å². The Hall–Kier alpha value is -3.05. The number of halogens is 2. The minimum absolute atomic E-state index is 0.0610. The van der Waals surface area contributed by atoms with Crippen molar-refractivity contribution in [2.45, 2.75) is 25.7 Å². The molecule has 0 radical (unpaired) electrons. The lowest BCUT2D eigenvalue weighted by atomic mass is 9.89. The van der Waals surface area contributed by atoms with Crippen LogP contribution in [0.5, 0.6) is 0 Å². The van der Waals surface area contributed by atoms with Crippen molar-refractivity contribution in [2.24, 2.45) is 11.8 Å². The summed E-state index contributed by atoms with van der Waals surface area (Å²) < 4.78 is 12.8. The molecule has 2 aromatic carbocycles. The first-order chi connectivity index (χ1) is 19.4. The van der Waals surface area contributed by atoms with Gasteiger partial charge in [-0.15, -0.1) is 0 Å². The van der Waals surface area contributed by atoms with Gasteiger partial charge in [0.1, 0.15) is 6.33 Å². The number of carbonyl (C=O) groups is 2. The Morgan fingerprint density at radius 2 is 1.12 bits per heavy atom. The molecule has 3 aromatic rings. The Labute approximate surface area is 250 Å². The van der Waals surface area contributed by atoms with Crippen LogP contribution in [0.1, 0.15) is 36.8 Å². The van der Waals surface area contributed by atoms with Crippen molar-refractivity contribution < 1.29 is 19.1 Å². The van der Waals surface area contributed by atoms with E-state index in [2.05, 4.69) is 41.8 Å². The van der Waals surface area contributed by atoms with Crippen LogP contribution in [0.3, 0.4) is 0 Å². The topological polar surface area (TPSA) is 97.8 Å². The second-order valence-electron chi connectivity index (χ2n) is 9.93. The maximum Gasteiger partial charge on any atom is 0.311 e. The Kier molecular flexibility index (Phi) is 9.00. The first-order valence-electron chi connectivity index (χ1n) is 13.4. The van der Waals surface area contributed by atoms with Crippen molar-refractivity contribution in [3.05, 3.63) is 74.9 Å². The minimum Gasteiger partial charge on any atom is -0.466 e. The lowest BCUT2D eigenvalue weighted by Crippen LogP contribution is -2.28. The molecule has 9 nitrogen and oxygen atoms in total. The second-order valence-corrected chi connectivity index (χ2v) is 11.8. The largest absolute Gasteiger partial charge is 0.466 e. The summed E-state index contributed by atoms with van der Waals surface area (Å²) in [6, 6.07) is 16.1. The van der Waals surface area contributed by atoms with E-state index in [0.717, 1.165) is 20.1 Å². The number of carbonyl (C=O) groups excluding carboxylic acids is 2. The van der Waals surface area contributed by atoms with Crippen molar-refractivity contribution in [1.82, 2.24) is 15.0 Å². The standard InChI is InChI=1S/C29H31Br2N5O4/c1-3-39-26(37)24-15-35(13-22(24)18-5-9-20(30)10-6-18)28-32-17-33-29(34-28)36-14-23(19-7-11-21(31)12-8-19)25(16-36)27(38)40-4-2/h5-12,17,22-25H,3-4,13-16H2,1-2H3/t22-,23-,24+,25+/m1/s1. The summed E-state index contributed by atoms with van der Waals surface area (Å²) in [5.41, 5.74) is 2.12. The molecule has 4 atom stereocenters. The van der Waals surface area contributed by atoms with Crippen LogP contribution in [0.4, 0.5) is 11.9 Å². The highest BCUT2D eigenvalue weighted by atomic mass is 79.9. The summed E-state index contributed by atoms with van der Waals surface area (Å²) in [5, 5.41) is 0. The van der Waals surface area contributed by atoms with Gasteiger partial charge < -0.3 is 19.3 Å². The molecule has 11 heteroatoms. The average Bonchev–Trinajstić information content (AvgIpc) is 3.60. The van der Waals surface area contributed by atoms with E-state index in [9.17, 15) is 9.59 Å². The molecular weight excluding hydrogens is 642 g/mol. The summed E-state index contributed by atoms with van der Waals surface area (Å²) in [6.45, 7) is 6.31. The van der Waals surface area contributed by atoms with E-state index >= 15 is 0 Å². The van der Waals surface area contributed by atoms with Gasteiger partial charge in [-0.25, -0.2) is 9.97 Å². The third-order valence-corrected chi connectivity index (χ3v) is 8.58. The minimum atomic E-state index is -0.344. The smallest absolute Gasteiger partial charge is 0.311 e. The molecule has 0 bridgehead atoms. The molecule has 2 aliphatic heterocycles. The van der Waals surface area contributed by atoms with E-state index in [1.54, 1.807) is 0 Å². The number of hydrogen-bond donors (Lipinski definition) is 0. The van der Waals surface area contributed by atoms with Crippen LogP contribution in [-0.4, -0.2) is 66.3 Å². The van der Waals surface area contributed by atoms with Crippen LogP contribution in [0.2, 0.25) is 0 Å². The van der Waals surface area contributed by atoms with Crippen LogP contribution in [0, 0.1) is 11.8 Å². The third-order valence-electron chi connectivity index (χ3n) is 7.53. The number of aromatic nitrogens is 3. The van der Waals surface area contributed by atoms with E-state index in [-0.39, 0.29) is 35.6 Å². The first-order valence-corrected chi connectivity index (χ1v) is 15.0. The van der Waals surface area contributed by atoms with E-state index in [1.807, 2.05) is 72.2 Å². The number of benzene rings is 2. The van der Waals surface area contributed by atoms with Crippen molar-refractivity contribution in [2.75, 3.05) is 49.2 Å². The van der Waals surface area contributed by atoms with Gasteiger partial charge in [-0.2, -0.15) is 4.98 Å². The number of hydrogen-bond acceptors (Lipinski definition) is 9. The highest BCUT2D eigenvalue weighted by Crippen LogP contribution is 2.38. The number of nitrogens with zero attached hydrogens (tertiary/aromatic N) is 5. The van der Waals surface area contributed by atoms with Crippen molar-refractivity contribution in [3.63, 3.8) is 0 Å². The fraction of sp³-hybridized carbons (Fsp3) is 0.414. The molecular formula is C29H31Br2N5O4. The Bertz CT molecular complexity index is 1240. The molecule has 5 rings (SSSR count). The predicted octanol–water partition coefficient (Wildman–Crippen LogP) is 4.96. The fourth-order valence-electron chi connectivity index (χ4n) is 5.59. The maximum atomic E-state index is 12.9. The van der Waals surface area contributed by atoms with Gasteiger partial charge in [0.05, 0.1) is 25.0 Å². The van der Waals surface area contributed by atoms with E-state index in [1.165, 1.54) is 6.33 Å². The van der Waals surface area contributed by atoms with Gasteiger partial charge in [0.2, 0.25) is 11.9 Å². The molecule has 1 aromatic heterocycles. The summed E-state index contributed by atoms with van der Waals surface area (Å²) in [5.74, 6) is -0.255. The van der Waals surface area contributed by atoms with E-state index in [0.29, 0.717) is 51.3 Å². The Morgan fingerprint density at radius 1 is 0.725 bits per heavy atom. The molecule has 2 saturated heterocycles. The first kappa shape index (κ1) is 28.5. The maximum absolute atomic E-state index is 12.9. The molecule has 2 fully saturated rings. The number of rotatable bonds is 8. The number of esters is 2. The SMILES string of the molecule is CCOC(=O)[C@H]1CN(c2ncnc(N3C[C@H](C(=O)OCC)[C@@H](c4ccc(Br)cc4)C3)n2)C[C@@H]1c1ccc(Br)cc1. The van der Waals surface area contributed by atoms with Gasteiger partial charge >= 0.3 is 11.9 Å². The molecule has 0 unspecified atom stereocenters. The van der Waals surface area contributed by atoms with Crippen LogP contribution >= 0.6 is 31.9 Å². The predicted molar refractivity (Wildman–Crippen MR) is 158 cm³/mol. The van der Waals surface area contributed by atoms with Crippen LogP contribution in [0.25, 0.3) is 0 Å². The van der Waals surface area contributed by atoms with Gasteiger partial charge in [-0.1, -0.05) is 56.1 Å². The van der Waals surface area contributed by atoms with Crippen LogP contribution < -0.4 is 9.80 Å². The van der Waals surface area contributed by atoms with Gasteiger partial charge in [-0.3, -0.25) is 9.59 Å². The fourth-order valence-corrected chi connectivity index (χ4v) is 6.12. The molecule has 0 spiro atoms. The zero-order valence-corrected chi connectivity index (χ0v) is 25.5. The Balaban J connectivity index is 1.39. The molecule has 0 amide bonds. The van der Waals surface area contributed by atoms with Gasteiger partial charge in [0, 0.05) is 47.0 Å². The summed E-state index contributed by atoms with van der Waals surface area (Å²) in [7, 11) is 0. The highest BCUT2D eigenvalue weighted by Gasteiger charge is 2.42. The zero-order chi connectivity index (χ0) is 28.2. The zero-order valence-electron chi connectivity index (χ0n) is 22.4. The van der Waals surface area contributed by atoms with E-state index < -0.39 is 0 Å². The molecule has 210 valence electrons. The summed E-state index contributed by atoms with van der Waals surface area (Å²) >= 11 is 6.98. The molecule has 3 heterocycles. The number of ether oxygens (including phenoxy) is 2. The second kappa shape index (κ2) is 12.6. The van der Waals surface area contributed by atoms with Crippen LogP contribution in [-0.2, 0) is 19.1 Å². The molecule has 40 heavy (non-hydrogen) atoms.